The lowest BCUT2D eigenvalue weighted by Crippen LogP contribution is -2.33. The Labute approximate surface area is 166 Å². The second-order valence-electron chi connectivity index (χ2n) is 7.81. The third-order valence-electron chi connectivity index (χ3n) is 5.74. The number of aromatic nitrogens is 2. The van der Waals surface area contributed by atoms with E-state index in [4.69, 9.17) is 16.6 Å². The van der Waals surface area contributed by atoms with Gasteiger partial charge < -0.3 is 0 Å². The zero-order valence-electron chi connectivity index (χ0n) is 15.9. The monoisotopic (exact) mass is 379 g/mol. The maximum absolute atomic E-state index is 5.98. The fourth-order valence-electron chi connectivity index (χ4n) is 4.01. The first-order chi connectivity index (χ1) is 13.1. The van der Waals surface area contributed by atoms with Crippen molar-refractivity contribution in [3.63, 3.8) is 0 Å². The smallest absolute Gasteiger partial charge is 0.159 e. The fraction of sp³-hybridized carbons (Fsp3) is 0.391. The number of fused-ring (bicyclic) bond motifs is 1. The highest BCUT2D eigenvalue weighted by molar-refractivity contribution is 6.30. The highest BCUT2D eigenvalue weighted by Crippen LogP contribution is 2.29. The van der Waals surface area contributed by atoms with Gasteiger partial charge in [-0.15, -0.1) is 0 Å². The van der Waals surface area contributed by atoms with Gasteiger partial charge in [0, 0.05) is 48.4 Å². The SMILES string of the molecule is C=C(C)C1CC=C(CN2CCc3nc(-c4ccc(Cl)cc4)ncc3C2)CC1. The third kappa shape index (κ3) is 4.31. The highest BCUT2D eigenvalue weighted by atomic mass is 35.5. The molecule has 27 heavy (non-hydrogen) atoms. The standard InChI is InChI=1S/C23H26ClN3/c1-16(2)18-5-3-17(4-6-18)14-27-12-11-22-20(15-27)13-25-23(26-22)19-7-9-21(24)10-8-19/h3,7-10,13,18H,1,4-6,11-12,14-15H2,2H3. The number of hydrogen-bond acceptors (Lipinski definition) is 3. The normalized spacial score (nSPS) is 20.1. The lowest BCUT2D eigenvalue weighted by molar-refractivity contribution is 0.267. The summed E-state index contributed by atoms with van der Waals surface area (Å²) in [4.78, 5) is 11.9. The summed E-state index contributed by atoms with van der Waals surface area (Å²) in [5, 5.41) is 0.735. The largest absolute Gasteiger partial charge is 0.295 e. The zero-order chi connectivity index (χ0) is 18.8. The van der Waals surface area contributed by atoms with E-state index in [9.17, 15) is 0 Å². The topological polar surface area (TPSA) is 29.0 Å². The Hall–Kier alpha value is -1.97. The molecule has 0 saturated carbocycles. The first-order valence-corrected chi connectivity index (χ1v) is 10.1. The van der Waals surface area contributed by atoms with Crippen LogP contribution in [0.1, 0.15) is 37.4 Å². The van der Waals surface area contributed by atoms with Gasteiger partial charge in [-0.25, -0.2) is 9.97 Å². The summed E-state index contributed by atoms with van der Waals surface area (Å²) < 4.78 is 0. The maximum Gasteiger partial charge on any atom is 0.159 e. The molecule has 0 radical (unpaired) electrons. The molecule has 4 heteroatoms. The molecule has 1 aliphatic carbocycles. The van der Waals surface area contributed by atoms with Crippen molar-refractivity contribution in [2.45, 2.75) is 39.2 Å². The second kappa shape index (κ2) is 7.95. The molecule has 0 spiro atoms. The summed E-state index contributed by atoms with van der Waals surface area (Å²) in [6.45, 7) is 9.35. The highest BCUT2D eigenvalue weighted by Gasteiger charge is 2.21. The number of rotatable bonds is 4. The van der Waals surface area contributed by atoms with E-state index in [0.717, 1.165) is 48.9 Å². The second-order valence-corrected chi connectivity index (χ2v) is 8.25. The van der Waals surface area contributed by atoms with Crippen molar-refractivity contribution < 1.29 is 0 Å². The number of nitrogens with zero attached hydrogens (tertiary/aromatic N) is 3. The van der Waals surface area contributed by atoms with Crippen LogP contribution in [0.2, 0.25) is 5.02 Å². The fourth-order valence-corrected chi connectivity index (χ4v) is 4.14. The van der Waals surface area contributed by atoms with Crippen LogP contribution >= 0.6 is 11.6 Å². The molecule has 2 aliphatic rings. The molecule has 3 nitrogen and oxygen atoms in total. The molecule has 1 aliphatic heterocycles. The minimum atomic E-state index is 0.676. The lowest BCUT2D eigenvalue weighted by atomic mass is 9.85. The number of hydrogen-bond donors (Lipinski definition) is 0. The molecule has 0 saturated heterocycles. The van der Waals surface area contributed by atoms with E-state index in [1.807, 2.05) is 30.5 Å². The van der Waals surface area contributed by atoms with Crippen LogP contribution in [0.25, 0.3) is 11.4 Å². The molecule has 0 N–H and O–H groups in total. The van der Waals surface area contributed by atoms with Gasteiger partial charge in [0.1, 0.15) is 0 Å². The zero-order valence-corrected chi connectivity index (χ0v) is 16.7. The van der Waals surface area contributed by atoms with Gasteiger partial charge in [0.15, 0.2) is 5.82 Å². The van der Waals surface area contributed by atoms with E-state index in [-0.39, 0.29) is 0 Å². The Kier molecular flexibility index (Phi) is 5.42. The van der Waals surface area contributed by atoms with Gasteiger partial charge in [0.2, 0.25) is 0 Å². The number of benzene rings is 1. The van der Waals surface area contributed by atoms with Crippen molar-refractivity contribution in [1.29, 1.82) is 0 Å². The minimum absolute atomic E-state index is 0.676. The van der Waals surface area contributed by atoms with Crippen LogP contribution in [0, 0.1) is 5.92 Å². The van der Waals surface area contributed by atoms with Gasteiger partial charge in [-0.1, -0.05) is 35.4 Å². The van der Waals surface area contributed by atoms with Crippen molar-refractivity contribution in [2.75, 3.05) is 13.1 Å². The van der Waals surface area contributed by atoms with Crippen LogP contribution in [-0.2, 0) is 13.0 Å². The van der Waals surface area contributed by atoms with Crippen molar-refractivity contribution in [3.8, 4) is 11.4 Å². The van der Waals surface area contributed by atoms with Crippen molar-refractivity contribution >= 4 is 11.6 Å². The van der Waals surface area contributed by atoms with E-state index in [0.29, 0.717) is 5.92 Å². The van der Waals surface area contributed by atoms with Crippen LogP contribution in [0.5, 0.6) is 0 Å². The quantitative estimate of drug-likeness (QED) is 0.660. The third-order valence-corrected chi connectivity index (χ3v) is 6.00. The Morgan fingerprint density at radius 2 is 2.07 bits per heavy atom. The molecule has 1 aromatic heterocycles. The van der Waals surface area contributed by atoms with Crippen molar-refractivity contribution in [2.24, 2.45) is 5.92 Å². The molecular formula is C23H26ClN3. The van der Waals surface area contributed by atoms with E-state index >= 15 is 0 Å². The van der Waals surface area contributed by atoms with Crippen LogP contribution in [0.4, 0.5) is 0 Å². The van der Waals surface area contributed by atoms with Crippen molar-refractivity contribution in [1.82, 2.24) is 14.9 Å². The Balaban J connectivity index is 1.42. The van der Waals surface area contributed by atoms with Gasteiger partial charge in [-0.2, -0.15) is 0 Å². The van der Waals surface area contributed by atoms with Gasteiger partial charge in [0.25, 0.3) is 0 Å². The summed E-state index contributed by atoms with van der Waals surface area (Å²) in [6, 6.07) is 7.73. The van der Waals surface area contributed by atoms with E-state index in [2.05, 4.69) is 29.5 Å². The number of allylic oxidation sites excluding steroid dienone is 2. The average molecular weight is 380 g/mol. The van der Waals surface area contributed by atoms with E-state index in [1.165, 1.54) is 29.7 Å². The first kappa shape index (κ1) is 18.4. The van der Waals surface area contributed by atoms with Gasteiger partial charge in [0.05, 0.1) is 5.69 Å². The molecule has 0 bridgehead atoms. The first-order valence-electron chi connectivity index (χ1n) is 9.75. The summed E-state index contributed by atoms with van der Waals surface area (Å²) in [7, 11) is 0. The van der Waals surface area contributed by atoms with Gasteiger partial charge >= 0.3 is 0 Å². The summed E-state index contributed by atoms with van der Waals surface area (Å²) in [5.74, 6) is 1.47. The number of halogens is 1. The van der Waals surface area contributed by atoms with E-state index in [1.54, 1.807) is 5.57 Å². The minimum Gasteiger partial charge on any atom is -0.295 e. The van der Waals surface area contributed by atoms with Crippen LogP contribution in [0.3, 0.4) is 0 Å². The van der Waals surface area contributed by atoms with Gasteiger partial charge in [-0.3, -0.25) is 4.90 Å². The Morgan fingerprint density at radius 3 is 2.78 bits per heavy atom. The molecule has 1 atom stereocenters. The summed E-state index contributed by atoms with van der Waals surface area (Å²) in [6.07, 6.45) is 9.04. The van der Waals surface area contributed by atoms with Gasteiger partial charge in [-0.05, 0) is 56.4 Å². The average Bonchev–Trinajstić information content (AvgIpc) is 2.68. The lowest BCUT2D eigenvalue weighted by Gasteiger charge is -2.31. The molecule has 4 rings (SSSR count). The van der Waals surface area contributed by atoms with Crippen LogP contribution in [-0.4, -0.2) is 28.0 Å². The van der Waals surface area contributed by atoms with Crippen LogP contribution < -0.4 is 0 Å². The van der Waals surface area contributed by atoms with Crippen molar-refractivity contribution in [3.05, 3.63) is 70.5 Å². The Bertz CT molecular complexity index is 870. The summed E-state index contributed by atoms with van der Waals surface area (Å²) in [5.41, 5.74) is 6.37. The maximum atomic E-state index is 5.98. The molecule has 1 unspecified atom stereocenters. The molecule has 140 valence electrons. The molecule has 2 aromatic rings. The van der Waals surface area contributed by atoms with E-state index < -0.39 is 0 Å². The molecule has 1 aromatic carbocycles. The summed E-state index contributed by atoms with van der Waals surface area (Å²) >= 11 is 5.98. The predicted octanol–water partition coefficient (Wildman–Crippen LogP) is 5.46. The van der Waals surface area contributed by atoms with Crippen LogP contribution in [0.15, 0.2) is 54.3 Å². The Morgan fingerprint density at radius 1 is 1.26 bits per heavy atom. The molecule has 2 heterocycles. The molecular weight excluding hydrogens is 354 g/mol. The predicted molar refractivity (Wildman–Crippen MR) is 112 cm³/mol. The molecule has 0 fully saturated rings. The molecule has 0 amide bonds.